The predicted octanol–water partition coefficient (Wildman–Crippen LogP) is 16.0. The number of rotatable bonds is 16. The molecule has 1 N–H and O–H groups in total. The Balaban J connectivity index is 1.30. The molecule has 0 bridgehead atoms. The molecule has 5 aromatic carbocycles. The average molecular weight is 890 g/mol. The van der Waals surface area contributed by atoms with Gasteiger partial charge in [-0.15, -0.1) is 0 Å². The van der Waals surface area contributed by atoms with E-state index in [9.17, 15) is 0 Å². The molecular formula is C62H75N3Si+2. The Morgan fingerprint density at radius 2 is 1.50 bits per heavy atom. The van der Waals surface area contributed by atoms with E-state index in [1.165, 1.54) is 72.7 Å². The molecule has 2 heterocycles. The first-order chi connectivity index (χ1) is 31.5. The summed E-state index contributed by atoms with van der Waals surface area (Å²) in [4.78, 5) is 0. The van der Waals surface area contributed by atoms with Gasteiger partial charge in [0.15, 0.2) is 17.9 Å². The van der Waals surface area contributed by atoms with Gasteiger partial charge in [0.2, 0.25) is 5.69 Å². The van der Waals surface area contributed by atoms with E-state index in [1.807, 2.05) is 0 Å². The van der Waals surface area contributed by atoms with Crippen LogP contribution in [0.15, 0.2) is 164 Å². The SMILES string of the molecule is C=C(/C=C\C)CCC1c2ccc3c(c2-c2cc(CC(C)C)c([Si](C)(C)C)c[n+]2C1CC(=C)[N+](C)(c1ccccc1Nc1ccc(-c2ccccc2)cc1)C(C)CC)C(C)(C)c1ccccc1-3. The summed E-state index contributed by atoms with van der Waals surface area (Å²) in [5.74, 6) is 0.798. The number of aromatic nitrogens is 1. The van der Waals surface area contributed by atoms with Crippen LogP contribution in [0.5, 0.6) is 0 Å². The van der Waals surface area contributed by atoms with Gasteiger partial charge in [0, 0.05) is 34.3 Å². The lowest BCUT2D eigenvalue weighted by molar-refractivity contribution is -0.717. The van der Waals surface area contributed by atoms with Crippen molar-refractivity contribution in [3.05, 3.63) is 186 Å². The zero-order chi connectivity index (χ0) is 47.1. The molecule has 0 spiro atoms. The lowest BCUT2D eigenvalue weighted by Gasteiger charge is -2.43. The summed E-state index contributed by atoms with van der Waals surface area (Å²) in [6.07, 6.45) is 11.9. The van der Waals surface area contributed by atoms with E-state index < -0.39 is 8.07 Å². The molecule has 8 rings (SSSR count). The van der Waals surface area contributed by atoms with Crippen molar-refractivity contribution in [3.63, 3.8) is 0 Å². The number of hydrogen-bond acceptors (Lipinski definition) is 1. The van der Waals surface area contributed by atoms with Gasteiger partial charge in [-0.3, -0.25) is 4.48 Å². The zero-order valence-electron chi connectivity index (χ0n) is 41.9. The first-order valence-electron chi connectivity index (χ1n) is 24.7. The fourth-order valence-corrected chi connectivity index (χ4v) is 13.2. The van der Waals surface area contributed by atoms with Crippen LogP contribution >= 0.6 is 0 Å². The zero-order valence-corrected chi connectivity index (χ0v) is 42.9. The number of para-hydroxylation sites is 2. The third-order valence-electron chi connectivity index (χ3n) is 15.3. The van der Waals surface area contributed by atoms with Gasteiger partial charge in [-0.2, -0.15) is 4.57 Å². The van der Waals surface area contributed by atoms with Gasteiger partial charge in [0.25, 0.3) is 0 Å². The Morgan fingerprint density at radius 3 is 2.18 bits per heavy atom. The van der Waals surface area contributed by atoms with Crippen molar-refractivity contribution in [3.8, 4) is 33.5 Å². The van der Waals surface area contributed by atoms with E-state index in [1.54, 1.807) is 5.19 Å². The molecule has 0 amide bonds. The van der Waals surface area contributed by atoms with Crippen LogP contribution in [0.25, 0.3) is 33.5 Å². The van der Waals surface area contributed by atoms with Crippen LogP contribution in [0.3, 0.4) is 0 Å². The second kappa shape index (κ2) is 18.6. The van der Waals surface area contributed by atoms with Gasteiger partial charge in [0.05, 0.1) is 33.1 Å². The molecule has 1 aliphatic heterocycles. The maximum atomic E-state index is 5.19. The Hall–Kier alpha value is -5.55. The number of hydrogen-bond donors (Lipinski definition) is 1. The van der Waals surface area contributed by atoms with E-state index in [4.69, 9.17) is 6.58 Å². The summed E-state index contributed by atoms with van der Waals surface area (Å²) in [7, 11) is 0.629. The molecular weight excluding hydrogens is 815 g/mol. The van der Waals surface area contributed by atoms with Gasteiger partial charge in [0.1, 0.15) is 11.4 Å². The van der Waals surface area contributed by atoms with Gasteiger partial charge in [-0.05, 0) is 115 Å². The monoisotopic (exact) mass is 890 g/mol. The summed E-state index contributed by atoms with van der Waals surface area (Å²) in [6.45, 7) is 33.9. The molecule has 4 atom stereocenters. The molecule has 6 aromatic rings. The van der Waals surface area contributed by atoms with Gasteiger partial charge in [-0.1, -0.05) is 170 Å². The molecule has 0 radical (unpaired) electrons. The van der Waals surface area contributed by atoms with E-state index in [2.05, 4.69) is 231 Å². The normalized spacial score (nSPS) is 17.4. The summed E-state index contributed by atoms with van der Waals surface area (Å²) < 4.78 is 3.42. The minimum absolute atomic E-state index is 0.148. The van der Waals surface area contributed by atoms with Gasteiger partial charge in [-0.25, -0.2) is 0 Å². The van der Waals surface area contributed by atoms with E-state index in [-0.39, 0.29) is 23.4 Å². The second-order valence-electron chi connectivity index (χ2n) is 21.5. The Labute approximate surface area is 399 Å². The smallest absolute Gasteiger partial charge is 0.213 e. The quantitative estimate of drug-likeness (QED) is 0.0443. The third-order valence-corrected chi connectivity index (χ3v) is 17.4. The maximum Gasteiger partial charge on any atom is 0.213 e. The van der Waals surface area contributed by atoms with Crippen molar-refractivity contribution in [1.29, 1.82) is 0 Å². The molecule has 4 unspecified atom stereocenters. The van der Waals surface area contributed by atoms with Crippen LogP contribution in [-0.2, 0) is 11.8 Å². The fourth-order valence-electron chi connectivity index (χ4n) is 11.5. The second-order valence-corrected chi connectivity index (χ2v) is 26.6. The van der Waals surface area contributed by atoms with Gasteiger partial charge >= 0.3 is 0 Å². The molecule has 2 aliphatic rings. The Kier molecular flexibility index (Phi) is 13.2. The molecule has 1 aliphatic carbocycles. The van der Waals surface area contributed by atoms with Crippen molar-refractivity contribution in [2.24, 2.45) is 5.92 Å². The van der Waals surface area contributed by atoms with Crippen molar-refractivity contribution < 1.29 is 4.57 Å². The molecule has 66 heavy (non-hydrogen) atoms. The van der Waals surface area contributed by atoms with E-state index in [0.29, 0.717) is 10.4 Å². The van der Waals surface area contributed by atoms with E-state index in [0.717, 1.165) is 43.5 Å². The maximum absolute atomic E-state index is 5.19. The fraction of sp³-hybridized carbons (Fsp3) is 0.339. The first kappa shape index (κ1) is 47.0. The summed E-state index contributed by atoms with van der Waals surface area (Å²) in [5, 5.41) is 5.47. The topological polar surface area (TPSA) is 15.9 Å². The van der Waals surface area contributed by atoms with Crippen LogP contribution < -0.4 is 19.6 Å². The molecule has 340 valence electrons. The molecule has 0 fully saturated rings. The Bertz CT molecular complexity index is 2790. The largest absolute Gasteiger partial charge is 0.351 e. The van der Waals surface area contributed by atoms with E-state index >= 15 is 0 Å². The third kappa shape index (κ3) is 8.64. The van der Waals surface area contributed by atoms with Gasteiger partial charge < -0.3 is 5.32 Å². The molecule has 4 heteroatoms. The molecule has 0 saturated carbocycles. The number of pyridine rings is 1. The highest BCUT2D eigenvalue weighted by atomic mass is 28.3. The number of fused-ring (bicyclic) bond motifs is 7. The first-order valence-corrected chi connectivity index (χ1v) is 28.2. The van der Waals surface area contributed by atoms with Crippen molar-refractivity contribution in [1.82, 2.24) is 4.48 Å². The highest BCUT2D eigenvalue weighted by molar-refractivity contribution is 6.89. The lowest BCUT2D eigenvalue weighted by atomic mass is 9.72. The highest BCUT2D eigenvalue weighted by Gasteiger charge is 2.49. The number of anilines is 2. The van der Waals surface area contributed by atoms with Crippen molar-refractivity contribution in [2.45, 2.75) is 124 Å². The highest BCUT2D eigenvalue weighted by Crippen LogP contribution is 2.56. The minimum Gasteiger partial charge on any atom is -0.351 e. The standard InChI is InChI=1S/C62H75N3Si/c1-14-23-43(5)30-35-51-52-36-37-53-50-26-19-20-27-54(50)62(8,9)61(53)60(52)57-40-48(38-42(3)4)59(66(11,12)13)41-64(57)56(51)39-45(7)65(10,44(6)15-2)58-29-22-21-28-55(58)63-49-33-31-47(32-34-49)46-24-17-16-18-25-46/h14,16-29,31-34,36-37,40-42,44,51,56,63H,5,7,15,30,35,38-39H2,1-4,6,8-13H3/q+2/b23-14-. The number of benzene rings is 5. The van der Waals surface area contributed by atoms with Crippen LogP contribution in [0.2, 0.25) is 19.6 Å². The summed E-state index contributed by atoms with van der Waals surface area (Å²) >= 11 is 0. The number of quaternary nitrogens is 1. The van der Waals surface area contributed by atoms with Crippen molar-refractivity contribution >= 4 is 30.3 Å². The minimum atomic E-state index is -1.79. The predicted molar refractivity (Wildman–Crippen MR) is 289 cm³/mol. The number of nitrogens with zero attached hydrogens (tertiary/aromatic N) is 2. The number of nitrogens with one attached hydrogen (secondary N) is 1. The average Bonchev–Trinajstić information content (AvgIpc) is 3.53. The summed E-state index contributed by atoms with van der Waals surface area (Å²) in [6, 6.07) is 45.7. The number of allylic oxidation sites excluding steroid dienone is 4. The van der Waals surface area contributed by atoms with Crippen LogP contribution in [0, 0.1) is 5.92 Å². The van der Waals surface area contributed by atoms with Crippen molar-refractivity contribution in [2.75, 3.05) is 12.4 Å². The van der Waals surface area contributed by atoms with Crippen LogP contribution in [0.1, 0.15) is 108 Å². The molecule has 1 aromatic heterocycles. The summed E-state index contributed by atoms with van der Waals surface area (Å²) in [5.41, 5.74) is 19.7. The Morgan fingerprint density at radius 1 is 0.833 bits per heavy atom. The van der Waals surface area contributed by atoms with Crippen LogP contribution in [0.4, 0.5) is 17.1 Å². The lowest BCUT2D eigenvalue weighted by Crippen LogP contribution is -2.56. The molecule has 3 nitrogen and oxygen atoms in total. The molecule has 0 saturated heterocycles. The van der Waals surface area contributed by atoms with Crippen LogP contribution in [-0.4, -0.2) is 21.2 Å².